The monoisotopic (exact) mass is 312 g/mol. The molecule has 0 aliphatic carbocycles. The number of carbonyl (C=O) groups excluding carboxylic acids is 1. The standard InChI is InChI=1S/C10H17IO3/c1-3-5-6-9(12)8(7-11)10(13)14-4-2/h7,9,12H,3-6H2,1-2H3/b8-7-/t9-/m0/s1. The van der Waals surface area contributed by atoms with Crippen molar-refractivity contribution in [3.63, 3.8) is 0 Å². The highest BCUT2D eigenvalue weighted by molar-refractivity contribution is 14.1. The van der Waals surface area contributed by atoms with Gasteiger partial charge >= 0.3 is 5.97 Å². The van der Waals surface area contributed by atoms with Crippen LogP contribution in [-0.2, 0) is 9.53 Å². The highest BCUT2D eigenvalue weighted by atomic mass is 127. The third-order valence-corrected chi connectivity index (χ3v) is 2.49. The third kappa shape index (κ3) is 4.95. The molecular weight excluding hydrogens is 295 g/mol. The van der Waals surface area contributed by atoms with Crippen LogP contribution in [0, 0.1) is 0 Å². The van der Waals surface area contributed by atoms with Crippen LogP contribution in [0.2, 0.25) is 0 Å². The largest absolute Gasteiger partial charge is 0.463 e. The van der Waals surface area contributed by atoms with Gasteiger partial charge in [0.05, 0.1) is 18.3 Å². The summed E-state index contributed by atoms with van der Waals surface area (Å²) in [6, 6.07) is 0. The van der Waals surface area contributed by atoms with E-state index in [4.69, 9.17) is 4.74 Å². The van der Waals surface area contributed by atoms with Crippen LogP contribution in [0.25, 0.3) is 0 Å². The first kappa shape index (κ1) is 13.9. The smallest absolute Gasteiger partial charge is 0.337 e. The van der Waals surface area contributed by atoms with E-state index in [1.54, 1.807) is 11.0 Å². The number of rotatable bonds is 6. The maximum Gasteiger partial charge on any atom is 0.337 e. The molecular formula is C10H17IO3. The number of ether oxygens (including phenoxy) is 1. The molecule has 0 radical (unpaired) electrons. The molecule has 1 N–H and O–H groups in total. The van der Waals surface area contributed by atoms with Crippen molar-refractivity contribution in [1.82, 2.24) is 0 Å². The minimum Gasteiger partial charge on any atom is -0.463 e. The van der Waals surface area contributed by atoms with Crippen LogP contribution in [0.4, 0.5) is 0 Å². The fraction of sp³-hybridized carbons (Fsp3) is 0.700. The number of aliphatic hydroxyl groups excluding tert-OH is 1. The molecule has 0 aromatic rings. The molecule has 0 rings (SSSR count). The van der Waals surface area contributed by atoms with Crippen molar-refractivity contribution in [2.75, 3.05) is 6.61 Å². The number of hydrogen-bond donors (Lipinski definition) is 1. The molecule has 0 aromatic heterocycles. The van der Waals surface area contributed by atoms with E-state index in [1.807, 2.05) is 29.5 Å². The van der Waals surface area contributed by atoms with Crippen molar-refractivity contribution >= 4 is 28.6 Å². The van der Waals surface area contributed by atoms with Crippen LogP contribution < -0.4 is 0 Å². The van der Waals surface area contributed by atoms with Gasteiger partial charge in [-0.15, -0.1) is 0 Å². The maximum atomic E-state index is 11.3. The van der Waals surface area contributed by atoms with Crippen molar-refractivity contribution < 1.29 is 14.6 Å². The molecule has 14 heavy (non-hydrogen) atoms. The molecule has 1 atom stereocenters. The Morgan fingerprint density at radius 3 is 2.64 bits per heavy atom. The number of hydrogen-bond acceptors (Lipinski definition) is 3. The fourth-order valence-electron chi connectivity index (χ4n) is 1.02. The van der Waals surface area contributed by atoms with Gasteiger partial charge in [-0.05, 0) is 17.4 Å². The van der Waals surface area contributed by atoms with Crippen LogP contribution in [0.3, 0.4) is 0 Å². The fourth-order valence-corrected chi connectivity index (χ4v) is 1.69. The molecule has 0 saturated carbocycles. The lowest BCUT2D eigenvalue weighted by atomic mass is 10.1. The highest BCUT2D eigenvalue weighted by Gasteiger charge is 2.18. The van der Waals surface area contributed by atoms with E-state index in [2.05, 4.69) is 0 Å². The van der Waals surface area contributed by atoms with E-state index in [-0.39, 0.29) is 0 Å². The van der Waals surface area contributed by atoms with Crippen molar-refractivity contribution in [3.8, 4) is 0 Å². The quantitative estimate of drug-likeness (QED) is 0.465. The van der Waals surface area contributed by atoms with Crippen molar-refractivity contribution in [3.05, 3.63) is 9.66 Å². The Labute approximate surface area is 98.7 Å². The summed E-state index contributed by atoms with van der Waals surface area (Å²) in [5.41, 5.74) is 0.362. The minimum atomic E-state index is -0.689. The molecule has 0 fully saturated rings. The molecule has 0 aromatic carbocycles. The van der Waals surface area contributed by atoms with Gasteiger partial charge < -0.3 is 9.84 Å². The maximum absolute atomic E-state index is 11.3. The Balaban J connectivity index is 4.19. The first-order chi connectivity index (χ1) is 6.67. The zero-order valence-corrected chi connectivity index (χ0v) is 10.8. The van der Waals surface area contributed by atoms with Crippen LogP contribution in [0.15, 0.2) is 9.66 Å². The van der Waals surface area contributed by atoms with Gasteiger partial charge in [0.1, 0.15) is 0 Å². The summed E-state index contributed by atoms with van der Waals surface area (Å²) in [6.07, 6.45) is 1.85. The second-order valence-corrected chi connectivity index (χ2v) is 3.57. The lowest BCUT2D eigenvalue weighted by Crippen LogP contribution is -2.19. The Morgan fingerprint density at radius 2 is 2.21 bits per heavy atom. The van der Waals surface area contributed by atoms with Crippen LogP contribution in [0.1, 0.15) is 33.1 Å². The number of unbranched alkanes of at least 4 members (excludes halogenated alkanes) is 1. The molecule has 0 unspecified atom stereocenters. The van der Waals surface area contributed by atoms with Gasteiger partial charge in [-0.1, -0.05) is 42.4 Å². The minimum absolute atomic E-state index is 0.341. The zero-order chi connectivity index (χ0) is 11.0. The van der Waals surface area contributed by atoms with Gasteiger partial charge in [-0.25, -0.2) is 4.79 Å². The third-order valence-electron chi connectivity index (χ3n) is 1.82. The van der Waals surface area contributed by atoms with E-state index in [9.17, 15) is 9.90 Å². The highest BCUT2D eigenvalue weighted by Crippen LogP contribution is 2.14. The normalized spacial score (nSPS) is 13.9. The summed E-state index contributed by atoms with van der Waals surface area (Å²) in [5, 5.41) is 9.66. The molecule has 0 heterocycles. The topological polar surface area (TPSA) is 46.5 Å². The average molecular weight is 312 g/mol. The number of aliphatic hydroxyl groups is 1. The Bertz CT molecular complexity index is 202. The van der Waals surface area contributed by atoms with Crippen molar-refractivity contribution in [1.29, 1.82) is 0 Å². The molecule has 0 spiro atoms. The zero-order valence-electron chi connectivity index (χ0n) is 8.62. The van der Waals surface area contributed by atoms with Gasteiger partial charge in [-0.3, -0.25) is 0 Å². The van der Waals surface area contributed by atoms with Crippen LogP contribution >= 0.6 is 22.6 Å². The van der Waals surface area contributed by atoms with E-state index in [0.29, 0.717) is 18.6 Å². The number of carbonyl (C=O) groups is 1. The first-order valence-electron chi connectivity index (χ1n) is 4.82. The summed E-state index contributed by atoms with van der Waals surface area (Å²) in [4.78, 5) is 11.3. The summed E-state index contributed by atoms with van der Waals surface area (Å²) < 4.78 is 6.42. The molecule has 0 amide bonds. The van der Waals surface area contributed by atoms with E-state index < -0.39 is 12.1 Å². The van der Waals surface area contributed by atoms with Crippen LogP contribution in [-0.4, -0.2) is 23.8 Å². The molecule has 0 aliphatic rings. The predicted molar refractivity (Wildman–Crippen MR) is 64.3 cm³/mol. The van der Waals surface area contributed by atoms with Crippen molar-refractivity contribution in [2.24, 2.45) is 0 Å². The summed E-state index contributed by atoms with van der Waals surface area (Å²) in [6.45, 7) is 4.14. The Kier molecular flexibility index (Phi) is 8.17. The van der Waals surface area contributed by atoms with Gasteiger partial charge in [-0.2, -0.15) is 0 Å². The van der Waals surface area contributed by atoms with Crippen molar-refractivity contribution in [2.45, 2.75) is 39.2 Å². The number of esters is 1. The molecule has 3 nitrogen and oxygen atoms in total. The molecule has 0 bridgehead atoms. The van der Waals surface area contributed by atoms with Gasteiger partial charge in [0.25, 0.3) is 0 Å². The van der Waals surface area contributed by atoms with Gasteiger partial charge in [0, 0.05) is 0 Å². The van der Waals surface area contributed by atoms with Gasteiger partial charge in [0.2, 0.25) is 0 Å². The van der Waals surface area contributed by atoms with E-state index in [1.165, 1.54) is 0 Å². The van der Waals surface area contributed by atoms with E-state index in [0.717, 1.165) is 12.8 Å². The lowest BCUT2D eigenvalue weighted by Gasteiger charge is -2.12. The van der Waals surface area contributed by atoms with Crippen LogP contribution in [0.5, 0.6) is 0 Å². The molecule has 0 saturated heterocycles. The summed E-state index contributed by atoms with van der Waals surface area (Å²) >= 11 is 1.95. The Hall–Kier alpha value is -0.100. The molecule has 4 heteroatoms. The Morgan fingerprint density at radius 1 is 1.57 bits per heavy atom. The molecule has 82 valence electrons. The second-order valence-electron chi connectivity index (χ2n) is 2.94. The second kappa shape index (κ2) is 8.23. The first-order valence-corrected chi connectivity index (χ1v) is 6.07. The summed E-state index contributed by atoms with van der Waals surface area (Å²) in [5.74, 6) is -0.412. The SMILES string of the molecule is CCCC[C@H](O)/C(=C/I)C(=O)OCC. The van der Waals surface area contributed by atoms with Gasteiger partial charge in [0.15, 0.2) is 0 Å². The predicted octanol–water partition coefficient (Wildman–Crippen LogP) is 2.42. The molecule has 0 aliphatic heterocycles. The van der Waals surface area contributed by atoms with E-state index >= 15 is 0 Å². The summed E-state index contributed by atoms with van der Waals surface area (Å²) in [7, 11) is 0. The lowest BCUT2D eigenvalue weighted by molar-refractivity contribution is -0.139. The number of halogens is 1. The average Bonchev–Trinajstić information content (AvgIpc) is 2.16.